The molecule has 3 heteroatoms. The van der Waals surface area contributed by atoms with Gasteiger partial charge in [-0.3, -0.25) is 0 Å². The number of benzene rings is 1. The van der Waals surface area contributed by atoms with Gasteiger partial charge in [0.25, 0.3) is 0 Å². The van der Waals surface area contributed by atoms with Crippen molar-refractivity contribution in [3.8, 4) is 0 Å². The molecule has 1 fully saturated rings. The van der Waals surface area contributed by atoms with Crippen LogP contribution < -0.4 is 5.73 Å². The number of rotatable bonds is 5. The van der Waals surface area contributed by atoms with Crippen LogP contribution in [0.3, 0.4) is 0 Å². The van der Waals surface area contributed by atoms with Gasteiger partial charge >= 0.3 is 0 Å². The molecule has 0 spiro atoms. The number of hydrogen-bond acceptors (Lipinski definition) is 3. The molecule has 0 radical (unpaired) electrons. The first kappa shape index (κ1) is 12.6. The average molecular weight is 235 g/mol. The molecule has 94 valence electrons. The fourth-order valence-electron chi connectivity index (χ4n) is 2.54. The van der Waals surface area contributed by atoms with Crippen LogP contribution in [-0.2, 0) is 11.3 Å². The second kappa shape index (κ2) is 5.17. The Balaban J connectivity index is 2.11. The van der Waals surface area contributed by atoms with Gasteiger partial charge < -0.3 is 15.6 Å². The monoisotopic (exact) mass is 235 g/mol. The first-order chi connectivity index (χ1) is 8.22. The Morgan fingerprint density at radius 1 is 1.35 bits per heavy atom. The van der Waals surface area contributed by atoms with E-state index in [1.165, 1.54) is 6.42 Å². The zero-order valence-corrected chi connectivity index (χ0v) is 10.4. The SMILES string of the molecule is COCc1ccc(C(O)C2(CN)CCC2)cc1. The number of hydrogen-bond donors (Lipinski definition) is 2. The van der Waals surface area contributed by atoms with Gasteiger partial charge in [0.15, 0.2) is 0 Å². The highest BCUT2D eigenvalue weighted by Gasteiger charge is 2.42. The maximum atomic E-state index is 10.4. The Morgan fingerprint density at radius 3 is 2.41 bits per heavy atom. The third-order valence-corrected chi connectivity index (χ3v) is 3.94. The molecule has 1 saturated carbocycles. The Labute approximate surface area is 103 Å². The fourth-order valence-corrected chi connectivity index (χ4v) is 2.54. The second-order valence-electron chi connectivity index (χ2n) is 5.00. The first-order valence-corrected chi connectivity index (χ1v) is 6.18. The van der Waals surface area contributed by atoms with Gasteiger partial charge in [0.05, 0.1) is 12.7 Å². The second-order valence-corrected chi connectivity index (χ2v) is 5.00. The maximum absolute atomic E-state index is 10.4. The van der Waals surface area contributed by atoms with Crippen molar-refractivity contribution in [2.24, 2.45) is 11.1 Å². The van der Waals surface area contributed by atoms with E-state index in [0.717, 1.165) is 24.0 Å². The summed E-state index contributed by atoms with van der Waals surface area (Å²) in [5.41, 5.74) is 7.82. The molecule has 0 aliphatic heterocycles. The molecule has 0 heterocycles. The predicted molar refractivity (Wildman–Crippen MR) is 67.5 cm³/mol. The molecule has 0 aromatic heterocycles. The van der Waals surface area contributed by atoms with Crippen molar-refractivity contribution in [3.05, 3.63) is 35.4 Å². The summed E-state index contributed by atoms with van der Waals surface area (Å²) < 4.78 is 5.07. The maximum Gasteiger partial charge on any atom is 0.0858 e. The van der Waals surface area contributed by atoms with Crippen molar-refractivity contribution in [2.45, 2.75) is 32.0 Å². The molecular weight excluding hydrogens is 214 g/mol. The average Bonchev–Trinajstić information content (AvgIpc) is 2.29. The van der Waals surface area contributed by atoms with Crippen LogP contribution >= 0.6 is 0 Å². The van der Waals surface area contributed by atoms with Gasteiger partial charge in [-0.25, -0.2) is 0 Å². The van der Waals surface area contributed by atoms with Crippen LogP contribution in [-0.4, -0.2) is 18.8 Å². The largest absolute Gasteiger partial charge is 0.388 e. The molecule has 0 saturated heterocycles. The lowest BCUT2D eigenvalue weighted by atomic mass is 9.63. The molecule has 3 nitrogen and oxygen atoms in total. The lowest BCUT2D eigenvalue weighted by molar-refractivity contribution is -0.0297. The normalized spacial score (nSPS) is 19.7. The quantitative estimate of drug-likeness (QED) is 0.820. The van der Waals surface area contributed by atoms with Gasteiger partial charge in [0.2, 0.25) is 0 Å². The molecule has 1 aromatic rings. The van der Waals surface area contributed by atoms with E-state index >= 15 is 0 Å². The zero-order valence-electron chi connectivity index (χ0n) is 10.4. The van der Waals surface area contributed by atoms with Gasteiger partial charge in [0.1, 0.15) is 0 Å². The zero-order chi connectivity index (χ0) is 12.3. The summed E-state index contributed by atoms with van der Waals surface area (Å²) in [6.45, 7) is 1.17. The minimum absolute atomic E-state index is 0.0806. The van der Waals surface area contributed by atoms with E-state index < -0.39 is 6.10 Å². The van der Waals surface area contributed by atoms with Crippen molar-refractivity contribution in [1.82, 2.24) is 0 Å². The highest BCUT2D eigenvalue weighted by Crippen LogP contribution is 2.49. The smallest absolute Gasteiger partial charge is 0.0858 e. The molecule has 0 bridgehead atoms. The van der Waals surface area contributed by atoms with Gasteiger partial charge in [-0.15, -0.1) is 0 Å². The molecule has 1 aromatic carbocycles. The number of aliphatic hydroxyl groups is 1. The molecule has 1 aliphatic rings. The highest BCUT2D eigenvalue weighted by molar-refractivity contribution is 5.26. The Kier molecular flexibility index (Phi) is 3.82. The Hall–Kier alpha value is -0.900. The van der Waals surface area contributed by atoms with Crippen LogP contribution in [0.2, 0.25) is 0 Å². The third kappa shape index (κ3) is 2.37. The fraction of sp³-hybridized carbons (Fsp3) is 0.571. The minimum atomic E-state index is -0.433. The van der Waals surface area contributed by atoms with Gasteiger partial charge in [0, 0.05) is 19.1 Å². The van der Waals surface area contributed by atoms with E-state index in [0.29, 0.717) is 13.2 Å². The van der Waals surface area contributed by atoms with Gasteiger partial charge in [-0.05, 0) is 24.0 Å². The summed E-state index contributed by atoms with van der Waals surface area (Å²) in [6, 6.07) is 7.97. The third-order valence-electron chi connectivity index (χ3n) is 3.94. The summed E-state index contributed by atoms with van der Waals surface area (Å²) in [5, 5.41) is 10.4. The van der Waals surface area contributed by atoms with E-state index in [9.17, 15) is 5.11 Å². The highest BCUT2D eigenvalue weighted by atomic mass is 16.5. The molecule has 17 heavy (non-hydrogen) atoms. The predicted octanol–water partition coefficient (Wildman–Crippen LogP) is 2.00. The van der Waals surface area contributed by atoms with Crippen molar-refractivity contribution < 1.29 is 9.84 Å². The van der Waals surface area contributed by atoms with E-state index in [4.69, 9.17) is 10.5 Å². The van der Waals surface area contributed by atoms with Crippen molar-refractivity contribution >= 4 is 0 Å². The number of aliphatic hydroxyl groups excluding tert-OH is 1. The van der Waals surface area contributed by atoms with E-state index in [2.05, 4.69) is 0 Å². The van der Waals surface area contributed by atoms with E-state index in [1.54, 1.807) is 7.11 Å². The Bertz CT molecular complexity index is 351. The molecule has 1 unspecified atom stereocenters. The number of ether oxygens (including phenoxy) is 1. The van der Waals surface area contributed by atoms with Crippen LogP contribution in [0.1, 0.15) is 36.5 Å². The summed E-state index contributed by atoms with van der Waals surface area (Å²) in [5.74, 6) is 0. The van der Waals surface area contributed by atoms with Gasteiger partial charge in [-0.2, -0.15) is 0 Å². The van der Waals surface area contributed by atoms with Crippen molar-refractivity contribution in [1.29, 1.82) is 0 Å². The summed E-state index contributed by atoms with van der Waals surface area (Å²) >= 11 is 0. The van der Waals surface area contributed by atoms with Crippen LogP contribution in [0.4, 0.5) is 0 Å². The van der Waals surface area contributed by atoms with Crippen LogP contribution in [0.25, 0.3) is 0 Å². The summed E-state index contributed by atoms with van der Waals surface area (Å²) in [6.07, 6.45) is 2.81. The number of methoxy groups -OCH3 is 1. The molecular formula is C14H21NO2. The van der Waals surface area contributed by atoms with Gasteiger partial charge in [-0.1, -0.05) is 30.7 Å². The topological polar surface area (TPSA) is 55.5 Å². The van der Waals surface area contributed by atoms with E-state index in [1.807, 2.05) is 24.3 Å². The van der Waals surface area contributed by atoms with Crippen LogP contribution in [0.15, 0.2) is 24.3 Å². The lowest BCUT2D eigenvalue weighted by Gasteiger charge is -2.44. The van der Waals surface area contributed by atoms with Crippen molar-refractivity contribution in [2.75, 3.05) is 13.7 Å². The molecule has 1 aliphatic carbocycles. The number of nitrogens with two attached hydrogens (primary N) is 1. The molecule has 1 atom stereocenters. The molecule has 0 amide bonds. The van der Waals surface area contributed by atoms with Crippen LogP contribution in [0.5, 0.6) is 0 Å². The summed E-state index contributed by atoms with van der Waals surface area (Å²) in [7, 11) is 1.68. The standard InChI is InChI=1S/C14H21NO2/c1-17-9-11-3-5-12(6-4-11)13(16)14(10-15)7-2-8-14/h3-6,13,16H,2,7-10,15H2,1H3. The lowest BCUT2D eigenvalue weighted by Crippen LogP contribution is -2.42. The summed E-state index contributed by atoms with van der Waals surface area (Å²) in [4.78, 5) is 0. The Morgan fingerprint density at radius 2 is 2.00 bits per heavy atom. The first-order valence-electron chi connectivity index (χ1n) is 6.18. The van der Waals surface area contributed by atoms with Crippen molar-refractivity contribution in [3.63, 3.8) is 0 Å². The molecule has 3 N–H and O–H groups in total. The minimum Gasteiger partial charge on any atom is -0.388 e. The van der Waals surface area contributed by atoms with Crippen LogP contribution in [0, 0.1) is 5.41 Å². The van der Waals surface area contributed by atoms with E-state index in [-0.39, 0.29) is 5.41 Å². The molecule has 2 rings (SSSR count).